The summed E-state index contributed by atoms with van der Waals surface area (Å²) in [5, 5.41) is 14.2. The number of nitrogens with zero attached hydrogens (tertiary/aromatic N) is 6. The quantitative estimate of drug-likeness (QED) is 0.728. The lowest BCUT2D eigenvalue weighted by atomic mass is 10.3. The highest BCUT2D eigenvalue weighted by Crippen LogP contribution is 2.19. The first-order valence-corrected chi connectivity index (χ1v) is 9.17. The van der Waals surface area contributed by atoms with Gasteiger partial charge in [0.1, 0.15) is 17.3 Å². The molecule has 0 bridgehead atoms. The molecule has 2 heterocycles. The number of piperazine rings is 1. The van der Waals surface area contributed by atoms with E-state index >= 15 is 0 Å². The van der Waals surface area contributed by atoms with Crippen LogP contribution in [0, 0.1) is 11.6 Å². The highest BCUT2D eigenvalue weighted by Gasteiger charge is 2.24. The molecular weight excluding hydrogens is 380 g/mol. The zero-order valence-electron chi connectivity index (χ0n) is 15.5. The summed E-state index contributed by atoms with van der Waals surface area (Å²) in [6.07, 6.45) is 0. The van der Waals surface area contributed by atoms with Crippen molar-refractivity contribution in [2.45, 2.75) is 6.54 Å². The second kappa shape index (κ2) is 8.31. The van der Waals surface area contributed by atoms with E-state index in [1.807, 2.05) is 30.3 Å². The summed E-state index contributed by atoms with van der Waals surface area (Å²) >= 11 is 0. The minimum absolute atomic E-state index is 0.425. The molecule has 0 atom stereocenters. The highest BCUT2D eigenvalue weighted by molar-refractivity contribution is 5.89. The van der Waals surface area contributed by atoms with Gasteiger partial charge in [-0.1, -0.05) is 24.3 Å². The Morgan fingerprint density at radius 3 is 2.34 bits per heavy atom. The molecule has 4 rings (SSSR count). The highest BCUT2D eigenvalue weighted by atomic mass is 19.1. The lowest BCUT2D eigenvalue weighted by molar-refractivity contribution is 0.140. The number of carbonyl (C=O) groups is 1. The first-order chi connectivity index (χ1) is 14.1. The first-order valence-electron chi connectivity index (χ1n) is 9.17. The molecule has 0 aliphatic carbocycles. The fraction of sp³-hybridized carbons (Fsp3) is 0.263. The molecule has 1 N–H and O–H groups in total. The summed E-state index contributed by atoms with van der Waals surface area (Å²) in [6, 6.07) is 12.5. The third-order valence-electron chi connectivity index (χ3n) is 4.75. The van der Waals surface area contributed by atoms with Crippen LogP contribution in [0.15, 0.2) is 48.5 Å². The largest absolute Gasteiger partial charge is 0.322 e. The fourth-order valence-corrected chi connectivity index (χ4v) is 3.19. The topological polar surface area (TPSA) is 79.2 Å². The maximum Gasteiger partial charge on any atom is 0.322 e. The van der Waals surface area contributed by atoms with Crippen LogP contribution in [0.2, 0.25) is 0 Å². The van der Waals surface area contributed by atoms with Crippen LogP contribution in [0.4, 0.5) is 19.3 Å². The maximum absolute atomic E-state index is 13.7. The van der Waals surface area contributed by atoms with Crippen LogP contribution in [0.3, 0.4) is 0 Å². The molecule has 1 fully saturated rings. The Morgan fingerprint density at radius 1 is 0.966 bits per heavy atom. The smallest absolute Gasteiger partial charge is 0.322 e. The van der Waals surface area contributed by atoms with Gasteiger partial charge < -0.3 is 10.2 Å². The summed E-state index contributed by atoms with van der Waals surface area (Å²) in [6.45, 7) is 2.56. The Kier molecular flexibility index (Phi) is 5.43. The van der Waals surface area contributed by atoms with E-state index in [9.17, 15) is 13.6 Å². The molecule has 1 saturated heterocycles. The van der Waals surface area contributed by atoms with Crippen molar-refractivity contribution >= 4 is 11.7 Å². The molecule has 3 aromatic rings. The summed E-state index contributed by atoms with van der Waals surface area (Å²) in [5.41, 5.74) is 0.444. The predicted octanol–water partition coefficient (Wildman–Crippen LogP) is 2.29. The Hall–Kier alpha value is -3.40. The van der Waals surface area contributed by atoms with Gasteiger partial charge in [-0.25, -0.2) is 13.6 Å². The molecule has 0 unspecified atom stereocenters. The van der Waals surface area contributed by atoms with Gasteiger partial charge in [0.15, 0.2) is 5.82 Å². The summed E-state index contributed by atoms with van der Waals surface area (Å²) in [5.74, 6) is -0.906. The number of urea groups is 1. The Bertz CT molecular complexity index is 967. The lowest BCUT2D eigenvalue weighted by Gasteiger charge is -2.34. The molecule has 0 radical (unpaired) electrons. The van der Waals surface area contributed by atoms with Gasteiger partial charge >= 0.3 is 6.03 Å². The molecule has 29 heavy (non-hydrogen) atoms. The maximum atomic E-state index is 13.7. The van der Waals surface area contributed by atoms with Crippen LogP contribution in [-0.2, 0) is 6.54 Å². The van der Waals surface area contributed by atoms with E-state index in [2.05, 4.69) is 25.7 Å². The van der Waals surface area contributed by atoms with Gasteiger partial charge in [0.05, 0.1) is 12.2 Å². The van der Waals surface area contributed by atoms with Crippen LogP contribution < -0.4 is 5.32 Å². The second-order valence-electron chi connectivity index (χ2n) is 6.63. The first kappa shape index (κ1) is 18.9. The van der Waals surface area contributed by atoms with Gasteiger partial charge in [-0.2, -0.15) is 4.68 Å². The normalized spacial score (nSPS) is 14.8. The van der Waals surface area contributed by atoms with Crippen molar-refractivity contribution in [1.29, 1.82) is 0 Å². The van der Waals surface area contributed by atoms with Gasteiger partial charge in [0.25, 0.3) is 0 Å². The molecular formula is C19H19F2N7O. The van der Waals surface area contributed by atoms with E-state index in [4.69, 9.17) is 0 Å². The number of benzene rings is 2. The van der Waals surface area contributed by atoms with Crippen LogP contribution in [-0.4, -0.2) is 62.2 Å². The van der Waals surface area contributed by atoms with E-state index in [1.165, 1.54) is 11.0 Å². The zero-order chi connectivity index (χ0) is 20.2. The average Bonchev–Trinajstić information content (AvgIpc) is 3.20. The van der Waals surface area contributed by atoms with Crippen molar-refractivity contribution in [3.05, 3.63) is 66.0 Å². The number of nitrogens with one attached hydrogen (secondary N) is 1. The van der Waals surface area contributed by atoms with E-state index in [0.29, 0.717) is 38.5 Å². The number of rotatable bonds is 4. The van der Waals surface area contributed by atoms with E-state index in [1.54, 1.807) is 4.68 Å². The third kappa shape index (κ3) is 4.21. The van der Waals surface area contributed by atoms with Crippen LogP contribution in [0.25, 0.3) is 5.69 Å². The monoisotopic (exact) mass is 399 g/mol. The van der Waals surface area contributed by atoms with E-state index in [-0.39, 0.29) is 0 Å². The Morgan fingerprint density at radius 2 is 1.66 bits per heavy atom. The summed E-state index contributed by atoms with van der Waals surface area (Å²) in [4.78, 5) is 16.0. The van der Waals surface area contributed by atoms with Crippen LogP contribution >= 0.6 is 0 Å². The van der Waals surface area contributed by atoms with Crippen molar-refractivity contribution in [2.24, 2.45) is 0 Å². The number of halogens is 2. The number of tetrazole rings is 1. The molecule has 2 aromatic carbocycles. The number of aromatic nitrogens is 4. The number of carbonyl (C=O) groups excluding carboxylic acids is 1. The Labute approximate surface area is 165 Å². The van der Waals surface area contributed by atoms with Crippen molar-refractivity contribution in [3.63, 3.8) is 0 Å². The van der Waals surface area contributed by atoms with Crippen molar-refractivity contribution in [3.8, 4) is 5.69 Å². The predicted molar refractivity (Wildman–Crippen MR) is 101 cm³/mol. The Balaban J connectivity index is 1.35. The van der Waals surface area contributed by atoms with Crippen molar-refractivity contribution in [2.75, 3.05) is 31.5 Å². The van der Waals surface area contributed by atoms with Gasteiger partial charge in [-0.15, -0.1) is 5.10 Å². The molecule has 0 saturated carbocycles. The lowest BCUT2D eigenvalue weighted by Crippen LogP contribution is -2.49. The van der Waals surface area contributed by atoms with Gasteiger partial charge in [0.2, 0.25) is 0 Å². The zero-order valence-corrected chi connectivity index (χ0v) is 15.5. The minimum atomic E-state index is -0.801. The molecule has 150 valence electrons. The number of hydrogen-bond acceptors (Lipinski definition) is 5. The molecule has 1 aliphatic rings. The van der Waals surface area contributed by atoms with Crippen molar-refractivity contribution in [1.82, 2.24) is 30.0 Å². The van der Waals surface area contributed by atoms with Gasteiger partial charge in [-0.05, 0) is 34.7 Å². The number of para-hydroxylation sites is 2. The standard InChI is InChI=1S/C19H19F2N7O/c20-15-7-4-8-16(21)18(15)22-19(29)27-11-9-26(10-12-27)13-17-23-24-25-28(17)14-5-2-1-3-6-14/h1-8H,9-13H2,(H,22,29). The molecule has 0 spiro atoms. The molecule has 10 heteroatoms. The molecule has 1 aliphatic heterocycles. The third-order valence-corrected chi connectivity index (χ3v) is 4.75. The number of hydrogen-bond donors (Lipinski definition) is 1. The van der Waals surface area contributed by atoms with Gasteiger partial charge in [0, 0.05) is 26.2 Å². The summed E-state index contributed by atoms with van der Waals surface area (Å²) < 4.78 is 29.1. The molecule has 2 amide bonds. The minimum Gasteiger partial charge on any atom is -0.322 e. The second-order valence-corrected chi connectivity index (χ2v) is 6.63. The molecule has 1 aromatic heterocycles. The molecule has 8 nitrogen and oxygen atoms in total. The van der Waals surface area contributed by atoms with E-state index < -0.39 is 23.4 Å². The number of amides is 2. The SMILES string of the molecule is O=C(Nc1c(F)cccc1F)N1CCN(Cc2nnnn2-c2ccccc2)CC1. The van der Waals surface area contributed by atoms with Crippen LogP contribution in [0.5, 0.6) is 0 Å². The number of anilines is 1. The van der Waals surface area contributed by atoms with Gasteiger partial charge in [-0.3, -0.25) is 4.90 Å². The average molecular weight is 399 g/mol. The van der Waals surface area contributed by atoms with Crippen LogP contribution in [0.1, 0.15) is 5.82 Å². The van der Waals surface area contributed by atoms with Crippen molar-refractivity contribution < 1.29 is 13.6 Å². The van der Waals surface area contributed by atoms with E-state index in [0.717, 1.165) is 17.8 Å². The fourth-order valence-electron chi connectivity index (χ4n) is 3.19. The summed E-state index contributed by atoms with van der Waals surface area (Å²) in [7, 11) is 0.